The van der Waals surface area contributed by atoms with Gasteiger partial charge in [0.2, 0.25) is 5.91 Å². The van der Waals surface area contributed by atoms with Crippen LogP contribution in [0.4, 0.5) is 5.69 Å². The molecule has 1 aromatic carbocycles. The van der Waals surface area contributed by atoms with Crippen LogP contribution in [-0.2, 0) is 11.2 Å². The Bertz CT molecular complexity index is 443. The van der Waals surface area contributed by atoms with Gasteiger partial charge in [-0.2, -0.15) is 0 Å². The van der Waals surface area contributed by atoms with E-state index in [1.54, 1.807) is 4.90 Å². The van der Waals surface area contributed by atoms with Crippen molar-refractivity contribution < 1.29 is 10.0 Å². The van der Waals surface area contributed by atoms with Gasteiger partial charge >= 0.3 is 0 Å². The second kappa shape index (κ2) is 4.22. The Hall–Kier alpha value is -2.04. The van der Waals surface area contributed by atoms with Crippen LogP contribution >= 0.6 is 0 Å². The summed E-state index contributed by atoms with van der Waals surface area (Å²) in [4.78, 5) is 13.5. The van der Waals surface area contributed by atoms with Gasteiger partial charge in [-0.25, -0.2) is 0 Å². The molecule has 1 aliphatic rings. The van der Waals surface area contributed by atoms with E-state index in [1.807, 2.05) is 24.3 Å². The van der Waals surface area contributed by atoms with Crippen molar-refractivity contribution in [1.29, 1.82) is 0 Å². The van der Waals surface area contributed by atoms with Crippen LogP contribution in [0.3, 0.4) is 0 Å². The first kappa shape index (κ1) is 10.5. The van der Waals surface area contributed by atoms with E-state index in [-0.39, 0.29) is 18.2 Å². The summed E-state index contributed by atoms with van der Waals surface area (Å²) in [5.41, 5.74) is 7.41. The zero-order chi connectivity index (χ0) is 11.5. The van der Waals surface area contributed by atoms with E-state index >= 15 is 0 Å². The average Bonchev–Trinajstić information content (AvgIpc) is 2.72. The van der Waals surface area contributed by atoms with Crippen LogP contribution in [0.25, 0.3) is 0 Å². The van der Waals surface area contributed by atoms with Crippen molar-refractivity contribution in [3.05, 3.63) is 29.8 Å². The minimum absolute atomic E-state index is 0.0508. The molecule has 0 unspecified atom stereocenters. The molecule has 1 aliphatic heterocycles. The van der Waals surface area contributed by atoms with E-state index in [4.69, 9.17) is 10.9 Å². The monoisotopic (exact) mass is 219 g/mol. The highest BCUT2D eigenvalue weighted by Crippen LogP contribution is 2.27. The Morgan fingerprint density at radius 2 is 2.25 bits per heavy atom. The number of fused-ring (bicyclic) bond motifs is 1. The first-order chi connectivity index (χ1) is 7.72. The molecule has 2 rings (SSSR count). The largest absolute Gasteiger partial charge is 0.409 e. The predicted octanol–water partition coefficient (Wildman–Crippen LogP) is 0.712. The molecule has 0 saturated carbocycles. The number of carbonyl (C=O) groups is 1. The SMILES string of the molecule is N/C(CC(=O)N1CCc2ccccc21)=N\O. The van der Waals surface area contributed by atoms with Crippen LogP contribution in [0.1, 0.15) is 12.0 Å². The summed E-state index contributed by atoms with van der Waals surface area (Å²) in [6.07, 6.45) is 0.808. The Morgan fingerprint density at radius 1 is 1.50 bits per heavy atom. The molecular weight excluding hydrogens is 206 g/mol. The fraction of sp³-hybridized carbons (Fsp3) is 0.273. The molecule has 1 heterocycles. The van der Waals surface area contributed by atoms with Gasteiger partial charge in [0.05, 0.1) is 6.42 Å². The van der Waals surface area contributed by atoms with Crippen LogP contribution in [-0.4, -0.2) is 23.5 Å². The molecule has 84 valence electrons. The fourth-order valence-electron chi connectivity index (χ4n) is 1.88. The third-order valence-corrected chi connectivity index (χ3v) is 2.65. The Kier molecular flexibility index (Phi) is 2.76. The third-order valence-electron chi connectivity index (χ3n) is 2.65. The number of hydrogen-bond donors (Lipinski definition) is 2. The molecular formula is C11H13N3O2. The molecule has 0 aliphatic carbocycles. The Labute approximate surface area is 93.2 Å². The van der Waals surface area contributed by atoms with Gasteiger partial charge in [-0.05, 0) is 18.1 Å². The van der Waals surface area contributed by atoms with E-state index in [1.165, 1.54) is 0 Å². The number of oxime groups is 1. The van der Waals surface area contributed by atoms with Crippen LogP contribution < -0.4 is 10.6 Å². The molecule has 0 aromatic heterocycles. The van der Waals surface area contributed by atoms with Crippen LogP contribution in [0.5, 0.6) is 0 Å². The average molecular weight is 219 g/mol. The maximum atomic E-state index is 11.8. The van der Waals surface area contributed by atoms with Gasteiger partial charge in [0.15, 0.2) is 0 Å². The zero-order valence-corrected chi connectivity index (χ0v) is 8.76. The number of nitrogens with two attached hydrogens (primary N) is 1. The summed E-state index contributed by atoms with van der Waals surface area (Å²) in [6, 6.07) is 7.77. The van der Waals surface area contributed by atoms with Crippen molar-refractivity contribution in [2.24, 2.45) is 10.9 Å². The van der Waals surface area contributed by atoms with Crippen molar-refractivity contribution in [1.82, 2.24) is 0 Å². The van der Waals surface area contributed by atoms with Gasteiger partial charge in [-0.1, -0.05) is 23.4 Å². The summed E-state index contributed by atoms with van der Waals surface area (Å²) < 4.78 is 0. The highest BCUT2D eigenvalue weighted by Gasteiger charge is 2.24. The van der Waals surface area contributed by atoms with Gasteiger partial charge in [-0.15, -0.1) is 0 Å². The van der Waals surface area contributed by atoms with Crippen molar-refractivity contribution >= 4 is 17.4 Å². The molecule has 0 spiro atoms. The summed E-state index contributed by atoms with van der Waals surface area (Å²) in [6.45, 7) is 0.664. The summed E-state index contributed by atoms with van der Waals surface area (Å²) in [5.74, 6) is -0.199. The maximum Gasteiger partial charge on any atom is 0.234 e. The van der Waals surface area contributed by atoms with Crippen molar-refractivity contribution in [3.8, 4) is 0 Å². The number of rotatable bonds is 2. The van der Waals surface area contributed by atoms with Crippen molar-refractivity contribution in [2.45, 2.75) is 12.8 Å². The quantitative estimate of drug-likeness (QED) is 0.333. The van der Waals surface area contributed by atoms with E-state index in [2.05, 4.69) is 5.16 Å². The maximum absolute atomic E-state index is 11.8. The molecule has 3 N–H and O–H groups in total. The highest BCUT2D eigenvalue weighted by molar-refractivity contribution is 6.06. The Morgan fingerprint density at radius 3 is 3.00 bits per heavy atom. The topological polar surface area (TPSA) is 78.9 Å². The summed E-state index contributed by atoms with van der Waals surface area (Å²) >= 11 is 0. The normalized spacial score (nSPS) is 15.0. The van der Waals surface area contributed by atoms with Gasteiger partial charge in [-0.3, -0.25) is 4.79 Å². The fourth-order valence-corrected chi connectivity index (χ4v) is 1.88. The number of benzene rings is 1. The first-order valence-electron chi connectivity index (χ1n) is 5.07. The van der Waals surface area contributed by atoms with Gasteiger partial charge < -0.3 is 15.8 Å². The smallest absolute Gasteiger partial charge is 0.234 e. The van der Waals surface area contributed by atoms with Gasteiger partial charge in [0.25, 0.3) is 0 Å². The lowest BCUT2D eigenvalue weighted by molar-refractivity contribution is -0.117. The lowest BCUT2D eigenvalue weighted by Gasteiger charge is -2.16. The molecule has 0 saturated heterocycles. The number of anilines is 1. The molecule has 0 radical (unpaired) electrons. The number of amides is 1. The number of nitrogens with zero attached hydrogens (tertiary/aromatic N) is 2. The molecule has 5 heteroatoms. The molecule has 0 fully saturated rings. The summed E-state index contributed by atoms with van der Waals surface area (Å²) in [5, 5.41) is 11.2. The van der Waals surface area contributed by atoms with Crippen LogP contribution in [0.2, 0.25) is 0 Å². The number of amidine groups is 1. The van der Waals surface area contributed by atoms with E-state index in [0.717, 1.165) is 17.7 Å². The lowest BCUT2D eigenvalue weighted by Crippen LogP contribution is -2.32. The molecule has 0 bridgehead atoms. The first-order valence-corrected chi connectivity index (χ1v) is 5.07. The zero-order valence-electron chi connectivity index (χ0n) is 8.76. The number of carbonyl (C=O) groups excluding carboxylic acids is 1. The molecule has 0 atom stereocenters. The third kappa shape index (κ3) is 1.84. The van der Waals surface area contributed by atoms with E-state index in [9.17, 15) is 4.79 Å². The second-order valence-electron chi connectivity index (χ2n) is 3.69. The lowest BCUT2D eigenvalue weighted by atomic mass is 10.2. The second-order valence-corrected chi connectivity index (χ2v) is 3.69. The molecule has 5 nitrogen and oxygen atoms in total. The molecule has 1 amide bonds. The van der Waals surface area contributed by atoms with Crippen molar-refractivity contribution in [2.75, 3.05) is 11.4 Å². The van der Waals surface area contributed by atoms with Gasteiger partial charge in [0.1, 0.15) is 5.84 Å². The predicted molar refractivity (Wildman–Crippen MR) is 60.5 cm³/mol. The molecule has 1 aromatic rings. The van der Waals surface area contributed by atoms with Crippen molar-refractivity contribution in [3.63, 3.8) is 0 Å². The Balaban J connectivity index is 2.16. The van der Waals surface area contributed by atoms with Crippen LogP contribution in [0, 0.1) is 0 Å². The van der Waals surface area contributed by atoms with Gasteiger partial charge in [0, 0.05) is 12.2 Å². The minimum atomic E-state index is -0.139. The highest BCUT2D eigenvalue weighted by atomic mass is 16.4. The molecule has 16 heavy (non-hydrogen) atoms. The van der Waals surface area contributed by atoms with E-state index in [0.29, 0.717) is 6.54 Å². The van der Waals surface area contributed by atoms with E-state index < -0.39 is 0 Å². The number of hydrogen-bond acceptors (Lipinski definition) is 3. The number of para-hydroxylation sites is 1. The minimum Gasteiger partial charge on any atom is -0.409 e. The van der Waals surface area contributed by atoms with Crippen LogP contribution in [0.15, 0.2) is 29.4 Å². The standard InChI is InChI=1S/C11H13N3O2/c12-10(13-16)7-11(15)14-6-5-8-3-1-2-4-9(8)14/h1-4,16H,5-7H2,(H2,12,13). The summed E-state index contributed by atoms with van der Waals surface area (Å²) in [7, 11) is 0.